The number of hydrogen-bond acceptors (Lipinski definition) is 4. The average molecular weight is 500 g/mol. The van der Waals surface area contributed by atoms with E-state index in [1.54, 1.807) is 12.1 Å². The van der Waals surface area contributed by atoms with Gasteiger partial charge in [-0.15, -0.1) is 0 Å². The number of carbonyl (C=O) groups excluding carboxylic acids is 1. The van der Waals surface area contributed by atoms with Crippen LogP contribution in [0.2, 0.25) is 0 Å². The van der Waals surface area contributed by atoms with Gasteiger partial charge in [0.25, 0.3) is 5.91 Å². The van der Waals surface area contributed by atoms with E-state index in [0.717, 1.165) is 16.6 Å². The van der Waals surface area contributed by atoms with Gasteiger partial charge in [0.15, 0.2) is 0 Å². The predicted octanol–water partition coefficient (Wildman–Crippen LogP) is 5.26. The van der Waals surface area contributed by atoms with Crippen molar-refractivity contribution in [2.75, 3.05) is 5.32 Å². The van der Waals surface area contributed by atoms with E-state index in [9.17, 15) is 31.5 Å². The summed E-state index contributed by atoms with van der Waals surface area (Å²) in [6.07, 6.45) is -4.82. The van der Waals surface area contributed by atoms with Crippen molar-refractivity contribution in [2.45, 2.75) is 16.0 Å². The molecule has 3 aromatic rings. The van der Waals surface area contributed by atoms with Crippen molar-refractivity contribution in [2.24, 2.45) is 0 Å². The Hall–Kier alpha value is -2.85. The number of carbonyl (C=O) groups is 1. The van der Waals surface area contributed by atoms with Crippen molar-refractivity contribution in [3.8, 4) is 5.75 Å². The highest BCUT2D eigenvalue weighted by atomic mass is 79.9. The summed E-state index contributed by atoms with van der Waals surface area (Å²) in [5, 5.41) is 12.1. The second kappa shape index (κ2) is 8.11. The number of aromatic hydroxyl groups is 1. The molecule has 0 aliphatic heterocycles. The standard InChI is InChI=1S/C20H13BrF3NO4S/c21-12-4-8-14(9-5-12)30(28,29)15-10-6-13(7-11-15)25-19(27)16-2-1-3-17(18(16)26)20(22,23)24/h1-11,26H,(H,25,27). The number of phenols is 1. The molecule has 0 saturated carbocycles. The summed E-state index contributed by atoms with van der Waals surface area (Å²) < 4.78 is 64.6. The summed E-state index contributed by atoms with van der Waals surface area (Å²) >= 11 is 3.23. The smallest absolute Gasteiger partial charge is 0.419 e. The molecule has 1 amide bonds. The Bertz CT molecular complexity index is 1190. The maximum atomic E-state index is 12.9. The average Bonchev–Trinajstić information content (AvgIpc) is 2.68. The highest BCUT2D eigenvalue weighted by Crippen LogP contribution is 2.37. The molecular formula is C20H13BrF3NO4S. The molecule has 0 atom stereocenters. The van der Waals surface area contributed by atoms with Gasteiger partial charge in [-0.1, -0.05) is 22.0 Å². The molecule has 0 fully saturated rings. The fourth-order valence-corrected chi connectivity index (χ4v) is 4.15. The number of halogens is 4. The van der Waals surface area contributed by atoms with Gasteiger partial charge in [0.1, 0.15) is 5.75 Å². The molecule has 0 unspecified atom stereocenters. The maximum Gasteiger partial charge on any atom is 0.419 e. The van der Waals surface area contributed by atoms with Crippen LogP contribution < -0.4 is 5.32 Å². The van der Waals surface area contributed by atoms with Gasteiger partial charge in [-0.05, 0) is 60.7 Å². The van der Waals surface area contributed by atoms with Crippen LogP contribution in [0.4, 0.5) is 18.9 Å². The molecule has 3 aromatic carbocycles. The highest BCUT2D eigenvalue weighted by molar-refractivity contribution is 9.10. The summed E-state index contributed by atoms with van der Waals surface area (Å²) in [7, 11) is -3.78. The Morgan fingerprint density at radius 3 is 1.97 bits per heavy atom. The van der Waals surface area contributed by atoms with E-state index >= 15 is 0 Å². The Balaban J connectivity index is 1.83. The molecule has 5 nitrogen and oxygen atoms in total. The van der Waals surface area contributed by atoms with Gasteiger partial charge < -0.3 is 10.4 Å². The number of amides is 1. The van der Waals surface area contributed by atoms with E-state index in [2.05, 4.69) is 21.2 Å². The normalized spacial score (nSPS) is 11.9. The molecule has 0 radical (unpaired) electrons. The first-order chi connectivity index (χ1) is 14.0. The summed E-state index contributed by atoms with van der Waals surface area (Å²) in [5.41, 5.74) is -1.74. The number of phenolic OH excluding ortho intramolecular Hbond substituents is 1. The first kappa shape index (κ1) is 21.8. The number of benzene rings is 3. The van der Waals surface area contributed by atoms with E-state index in [1.165, 1.54) is 36.4 Å². The lowest BCUT2D eigenvalue weighted by molar-refractivity contribution is -0.138. The summed E-state index contributed by atoms with van der Waals surface area (Å²) in [5.74, 6) is -2.15. The summed E-state index contributed by atoms with van der Waals surface area (Å²) in [6.45, 7) is 0. The van der Waals surface area contributed by atoms with Gasteiger partial charge in [0.05, 0.1) is 20.9 Å². The second-order valence-electron chi connectivity index (χ2n) is 6.14. The molecule has 30 heavy (non-hydrogen) atoms. The van der Waals surface area contributed by atoms with Gasteiger partial charge >= 0.3 is 6.18 Å². The molecule has 0 spiro atoms. The predicted molar refractivity (Wildman–Crippen MR) is 107 cm³/mol. The van der Waals surface area contributed by atoms with Crippen molar-refractivity contribution in [1.82, 2.24) is 0 Å². The van der Waals surface area contributed by atoms with Crippen LogP contribution in [-0.2, 0) is 16.0 Å². The Morgan fingerprint density at radius 2 is 1.43 bits per heavy atom. The largest absolute Gasteiger partial charge is 0.506 e. The third kappa shape index (κ3) is 4.49. The SMILES string of the molecule is O=C(Nc1ccc(S(=O)(=O)c2ccc(Br)cc2)cc1)c1cccc(C(F)(F)F)c1O. The molecule has 2 N–H and O–H groups in total. The monoisotopic (exact) mass is 499 g/mol. The van der Waals surface area contributed by atoms with E-state index < -0.39 is 38.8 Å². The van der Waals surface area contributed by atoms with Crippen LogP contribution in [0, 0.1) is 0 Å². The molecule has 0 aliphatic rings. The molecule has 0 bridgehead atoms. The van der Waals surface area contributed by atoms with Crippen LogP contribution in [0.15, 0.2) is 81.0 Å². The molecule has 3 rings (SSSR count). The summed E-state index contributed by atoms with van der Waals surface area (Å²) in [6, 6.07) is 13.9. The zero-order valence-electron chi connectivity index (χ0n) is 14.9. The zero-order chi connectivity index (χ0) is 22.1. The topological polar surface area (TPSA) is 83.5 Å². The van der Waals surface area contributed by atoms with E-state index in [0.29, 0.717) is 6.07 Å². The molecule has 0 heterocycles. The zero-order valence-corrected chi connectivity index (χ0v) is 17.3. The molecule has 0 aromatic heterocycles. The number of anilines is 1. The third-order valence-electron chi connectivity index (χ3n) is 4.13. The Morgan fingerprint density at radius 1 is 0.900 bits per heavy atom. The van der Waals surface area contributed by atoms with Crippen LogP contribution >= 0.6 is 15.9 Å². The van der Waals surface area contributed by atoms with Crippen LogP contribution in [-0.4, -0.2) is 19.4 Å². The van der Waals surface area contributed by atoms with Gasteiger partial charge in [-0.3, -0.25) is 4.79 Å². The minimum atomic E-state index is -4.82. The van der Waals surface area contributed by atoms with Crippen molar-refractivity contribution in [3.63, 3.8) is 0 Å². The Labute approximate surface area is 178 Å². The van der Waals surface area contributed by atoms with E-state index in [4.69, 9.17) is 0 Å². The van der Waals surface area contributed by atoms with Crippen molar-refractivity contribution < 1.29 is 31.5 Å². The molecular weight excluding hydrogens is 487 g/mol. The van der Waals surface area contributed by atoms with Crippen molar-refractivity contribution >= 4 is 37.4 Å². The molecule has 0 aliphatic carbocycles. The molecule has 0 saturated heterocycles. The first-order valence-corrected chi connectivity index (χ1v) is 10.6. The van der Waals surface area contributed by atoms with Crippen molar-refractivity contribution in [3.05, 3.63) is 82.3 Å². The first-order valence-electron chi connectivity index (χ1n) is 8.31. The molecule has 10 heteroatoms. The van der Waals surface area contributed by atoms with E-state index in [1.807, 2.05) is 0 Å². The number of hydrogen-bond donors (Lipinski definition) is 2. The maximum absolute atomic E-state index is 12.9. The number of sulfone groups is 1. The fraction of sp³-hybridized carbons (Fsp3) is 0.0500. The van der Waals surface area contributed by atoms with Gasteiger partial charge in [-0.2, -0.15) is 13.2 Å². The van der Waals surface area contributed by atoms with Crippen LogP contribution in [0.5, 0.6) is 5.75 Å². The number of rotatable bonds is 4. The van der Waals surface area contributed by atoms with Gasteiger partial charge in [-0.25, -0.2) is 8.42 Å². The lowest BCUT2D eigenvalue weighted by Gasteiger charge is -2.12. The lowest BCUT2D eigenvalue weighted by Crippen LogP contribution is -2.14. The Kier molecular flexibility index (Phi) is 5.91. The van der Waals surface area contributed by atoms with Gasteiger partial charge in [0, 0.05) is 10.2 Å². The van der Waals surface area contributed by atoms with Crippen LogP contribution in [0.3, 0.4) is 0 Å². The fourth-order valence-electron chi connectivity index (χ4n) is 2.62. The second-order valence-corrected chi connectivity index (χ2v) is 9.00. The van der Waals surface area contributed by atoms with Crippen LogP contribution in [0.25, 0.3) is 0 Å². The number of nitrogens with one attached hydrogen (secondary N) is 1. The lowest BCUT2D eigenvalue weighted by atomic mass is 10.1. The minimum Gasteiger partial charge on any atom is -0.506 e. The highest BCUT2D eigenvalue weighted by Gasteiger charge is 2.35. The summed E-state index contributed by atoms with van der Waals surface area (Å²) in [4.78, 5) is 12.3. The quantitative estimate of drug-likeness (QED) is 0.512. The molecule has 156 valence electrons. The number of para-hydroxylation sites is 1. The van der Waals surface area contributed by atoms with Crippen molar-refractivity contribution in [1.29, 1.82) is 0 Å². The third-order valence-corrected chi connectivity index (χ3v) is 6.45. The van der Waals surface area contributed by atoms with Gasteiger partial charge in [0.2, 0.25) is 9.84 Å². The van der Waals surface area contributed by atoms with E-state index in [-0.39, 0.29) is 15.5 Å². The minimum absolute atomic E-state index is 0.0234. The number of alkyl halides is 3. The van der Waals surface area contributed by atoms with Crippen LogP contribution in [0.1, 0.15) is 15.9 Å².